The van der Waals surface area contributed by atoms with E-state index >= 15 is 0 Å². The molecular weight excluding hydrogens is 264 g/mol. The molecule has 0 saturated heterocycles. The summed E-state index contributed by atoms with van der Waals surface area (Å²) >= 11 is 0. The molecule has 2 rings (SSSR count). The van der Waals surface area contributed by atoms with Crippen molar-refractivity contribution in [3.63, 3.8) is 0 Å². The second-order valence-corrected chi connectivity index (χ2v) is 7.31. The van der Waals surface area contributed by atoms with Gasteiger partial charge in [-0.15, -0.1) is 0 Å². The summed E-state index contributed by atoms with van der Waals surface area (Å²) in [7, 11) is -1.57. The average Bonchev–Trinajstić information content (AvgIpc) is 3.09. The molecular formula is C13H20N2O3S. The van der Waals surface area contributed by atoms with E-state index < -0.39 is 20.5 Å². The summed E-state index contributed by atoms with van der Waals surface area (Å²) in [5.41, 5.74) is 12.0. The molecule has 0 aromatic heterocycles. The lowest BCUT2D eigenvalue weighted by atomic mass is 9.99. The standard InChI is InChI=1S/C13H20N2O3S/c1-18-10-5-3-9(4-6-10)11-12(19(2,16)17)13(11,7-14)8-15/h3-6,11-12H,7-8,14-15H2,1-2H3/t11-,12+/m0/s1. The molecule has 4 N–H and O–H groups in total. The molecule has 1 aromatic carbocycles. The van der Waals surface area contributed by atoms with Crippen LogP contribution in [0.1, 0.15) is 11.5 Å². The highest BCUT2D eigenvalue weighted by molar-refractivity contribution is 7.91. The predicted molar refractivity (Wildman–Crippen MR) is 74.9 cm³/mol. The Kier molecular flexibility index (Phi) is 3.59. The highest BCUT2D eigenvalue weighted by Gasteiger charge is 2.68. The molecule has 5 nitrogen and oxygen atoms in total. The summed E-state index contributed by atoms with van der Waals surface area (Å²) in [5, 5.41) is -0.483. The maximum absolute atomic E-state index is 11.9. The topological polar surface area (TPSA) is 95.4 Å². The molecule has 1 aliphatic carbocycles. The van der Waals surface area contributed by atoms with Crippen molar-refractivity contribution in [2.24, 2.45) is 16.9 Å². The molecule has 0 spiro atoms. The molecule has 0 amide bonds. The fourth-order valence-electron chi connectivity index (χ4n) is 3.01. The van der Waals surface area contributed by atoms with E-state index in [0.717, 1.165) is 11.3 Å². The SMILES string of the molecule is COc1ccc([C@H]2[C@@H](S(C)(=O)=O)C2(CN)CN)cc1. The Morgan fingerprint density at radius 3 is 2.05 bits per heavy atom. The molecule has 2 atom stereocenters. The van der Waals surface area contributed by atoms with Crippen molar-refractivity contribution in [2.45, 2.75) is 11.2 Å². The van der Waals surface area contributed by atoms with Crippen LogP contribution < -0.4 is 16.2 Å². The number of hydrogen-bond donors (Lipinski definition) is 2. The predicted octanol–water partition coefficient (Wildman–Crippen LogP) is 0.109. The van der Waals surface area contributed by atoms with Crippen LogP contribution in [0.25, 0.3) is 0 Å². The molecule has 0 heterocycles. The molecule has 6 heteroatoms. The van der Waals surface area contributed by atoms with Gasteiger partial charge in [0.2, 0.25) is 0 Å². The number of nitrogens with two attached hydrogens (primary N) is 2. The third kappa shape index (κ3) is 2.24. The number of hydrogen-bond acceptors (Lipinski definition) is 5. The van der Waals surface area contributed by atoms with Crippen LogP contribution in [0.3, 0.4) is 0 Å². The largest absolute Gasteiger partial charge is 0.497 e. The van der Waals surface area contributed by atoms with E-state index in [1.165, 1.54) is 6.26 Å². The molecule has 1 fully saturated rings. The van der Waals surface area contributed by atoms with Crippen LogP contribution in [0.15, 0.2) is 24.3 Å². The van der Waals surface area contributed by atoms with Crippen molar-refractivity contribution in [3.05, 3.63) is 29.8 Å². The maximum Gasteiger partial charge on any atom is 0.151 e. The summed E-state index contributed by atoms with van der Waals surface area (Å²) in [5.74, 6) is 0.620. The second kappa shape index (κ2) is 4.77. The van der Waals surface area contributed by atoms with Gasteiger partial charge in [-0.25, -0.2) is 8.42 Å². The van der Waals surface area contributed by atoms with Crippen LogP contribution in [-0.2, 0) is 9.84 Å². The highest BCUT2D eigenvalue weighted by atomic mass is 32.2. The first-order valence-corrected chi connectivity index (χ1v) is 8.09. The molecule has 19 heavy (non-hydrogen) atoms. The van der Waals surface area contributed by atoms with Crippen molar-refractivity contribution in [1.29, 1.82) is 0 Å². The van der Waals surface area contributed by atoms with Gasteiger partial charge in [-0.2, -0.15) is 0 Å². The summed E-state index contributed by atoms with van der Waals surface area (Å²) in [6.07, 6.45) is 1.25. The van der Waals surface area contributed by atoms with E-state index in [0.29, 0.717) is 0 Å². The second-order valence-electron chi connectivity index (χ2n) is 5.14. The first kappa shape index (κ1) is 14.3. The van der Waals surface area contributed by atoms with Gasteiger partial charge in [-0.3, -0.25) is 0 Å². The van der Waals surface area contributed by atoms with Crippen molar-refractivity contribution in [3.8, 4) is 5.75 Å². The van der Waals surface area contributed by atoms with Gasteiger partial charge < -0.3 is 16.2 Å². The number of sulfone groups is 1. The number of methoxy groups -OCH3 is 1. The van der Waals surface area contributed by atoms with Gasteiger partial charge >= 0.3 is 0 Å². The first-order valence-electron chi connectivity index (χ1n) is 6.13. The van der Waals surface area contributed by atoms with Crippen LogP contribution in [0.5, 0.6) is 5.75 Å². The maximum atomic E-state index is 11.9. The molecule has 106 valence electrons. The first-order chi connectivity index (χ1) is 8.90. The Hall–Kier alpha value is -1.11. The van der Waals surface area contributed by atoms with Gasteiger partial charge in [0.1, 0.15) is 5.75 Å². The lowest BCUT2D eigenvalue weighted by molar-refractivity contribution is 0.414. The number of benzene rings is 1. The van der Waals surface area contributed by atoms with Crippen molar-refractivity contribution in [2.75, 3.05) is 26.5 Å². The van der Waals surface area contributed by atoms with E-state index in [9.17, 15) is 8.42 Å². The fourth-order valence-corrected chi connectivity index (χ4v) is 5.05. The Bertz CT molecular complexity index is 550. The Morgan fingerprint density at radius 2 is 1.74 bits per heavy atom. The fraction of sp³-hybridized carbons (Fsp3) is 0.538. The number of rotatable bonds is 5. The molecule has 1 aromatic rings. The van der Waals surface area contributed by atoms with Gasteiger partial charge in [-0.1, -0.05) is 12.1 Å². The molecule has 0 unspecified atom stereocenters. The van der Waals surface area contributed by atoms with Gasteiger partial charge in [0.15, 0.2) is 9.84 Å². The Morgan fingerprint density at radius 1 is 1.21 bits per heavy atom. The van der Waals surface area contributed by atoms with E-state index in [2.05, 4.69) is 0 Å². The van der Waals surface area contributed by atoms with E-state index in [-0.39, 0.29) is 19.0 Å². The van der Waals surface area contributed by atoms with Crippen LogP contribution in [0, 0.1) is 5.41 Å². The quantitative estimate of drug-likeness (QED) is 0.800. The van der Waals surface area contributed by atoms with Crippen LogP contribution in [0.4, 0.5) is 0 Å². The summed E-state index contributed by atoms with van der Waals surface area (Å²) in [6, 6.07) is 7.42. The molecule has 0 bridgehead atoms. The van der Waals surface area contributed by atoms with Crippen molar-refractivity contribution < 1.29 is 13.2 Å². The molecule has 0 aliphatic heterocycles. The molecule has 1 saturated carbocycles. The monoisotopic (exact) mass is 284 g/mol. The third-order valence-corrected chi connectivity index (χ3v) is 5.74. The zero-order chi connectivity index (χ0) is 14.3. The van der Waals surface area contributed by atoms with E-state index in [1.54, 1.807) is 7.11 Å². The van der Waals surface area contributed by atoms with Gasteiger partial charge in [0.25, 0.3) is 0 Å². The van der Waals surface area contributed by atoms with Crippen LogP contribution in [-0.4, -0.2) is 40.1 Å². The average molecular weight is 284 g/mol. The molecule has 0 radical (unpaired) electrons. The van der Waals surface area contributed by atoms with Crippen molar-refractivity contribution >= 4 is 9.84 Å². The lowest BCUT2D eigenvalue weighted by Gasteiger charge is -2.12. The number of ether oxygens (including phenoxy) is 1. The van der Waals surface area contributed by atoms with Gasteiger partial charge in [0, 0.05) is 30.7 Å². The van der Waals surface area contributed by atoms with Crippen LogP contribution in [0.2, 0.25) is 0 Å². The van der Waals surface area contributed by atoms with Crippen molar-refractivity contribution in [1.82, 2.24) is 0 Å². The van der Waals surface area contributed by atoms with Gasteiger partial charge in [0.05, 0.1) is 12.4 Å². The van der Waals surface area contributed by atoms with E-state index in [4.69, 9.17) is 16.2 Å². The Labute approximate surface area is 113 Å². The van der Waals surface area contributed by atoms with Crippen LogP contribution >= 0.6 is 0 Å². The molecule has 1 aliphatic rings. The third-order valence-electron chi connectivity index (χ3n) is 4.08. The highest BCUT2D eigenvalue weighted by Crippen LogP contribution is 2.61. The lowest BCUT2D eigenvalue weighted by Crippen LogP contribution is -2.31. The zero-order valence-electron chi connectivity index (χ0n) is 11.2. The normalized spacial score (nSPS) is 25.1. The minimum atomic E-state index is -3.17. The minimum Gasteiger partial charge on any atom is -0.497 e. The Balaban J connectivity index is 2.37. The summed E-state index contributed by atoms with van der Waals surface area (Å²) < 4.78 is 28.9. The van der Waals surface area contributed by atoms with Gasteiger partial charge in [-0.05, 0) is 17.7 Å². The van der Waals surface area contributed by atoms with E-state index in [1.807, 2.05) is 24.3 Å². The smallest absolute Gasteiger partial charge is 0.151 e. The summed E-state index contributed by atoms with van der Waals surface area (Å²) in [4.78, 5) is 0. The summed E-state index contributed by atoms with van der Waals surface area (Å²) in [6.45, 7) is 0.551. The minimum absolute atomic E-state index is 0.122. The zero-order valence-corrected chi connectivity index (χ0v) is 12.0.